The summed E-state index contributed by atoms with van der Waals surface area (Å²) in [6, 6.07) is 3.15. The normalized spacial score (nSPS) is 16.9. The molecule has 1 saturated carbocycles. The minimum Gasteiger partial charge on any atom is -0.491 e. The van der Waals surface area contributed by atoms with Crippen molar-refractivity contribution in [1.29, 1.82) is 0 Å². The molecule has 1 atom stereocenters. The van der Waals surface area contributed by atoms with E-state index in [4.69, 9.17) is 10.5 Å². The van der Waals surface area contributed by atoms with Crippen molar-refractivity contribution in [2.75, 3.05) is 13.7 Å². The quantitative estimate of drug-likeness (QED) is 0.483. The standard InChI is InChI=1S/C13H15FN2O5/c1-20-12(17)13(15,8-2-3-8)7-21-9-4-5-11(16(18)19)10(14)6-9/h4-6,8H,2-3,7,15H2,1H3. The zero-order valence-electron chi connectivity index (χ0n) is 11.4. The van der Waals surface area contributed by atoms with Gasteiger partial charge in [-0.3, -0.25) is 10.1 Å². The van der Waals surface area contributed by atoms with E-state index in [0.29, 0.717) is 0 Å². The van der Waals surface area contributed by atoms with Crippen molar-refractivity contribution in [3.05, 3.63) is 34.1 Å². The Balaban J connectivity index is 2.09. The monoisotopic (exact) mass is 298 g/mol. The molecule has 0 aliphatic heterocycles. The Kier molecular flexibility index (Phi) is 4.08. The molecule has 1 aliphatic carbocycles. The average Bonchev–Trinajstić information content (AvgIpc) is 3.28. The number of hydrogen-bond donors (Lipinski definition) is 1. The highest BCUT2D eigenvalue weighted by Gasteiger charge is 2.49. The van der Waals surface area contributed by atoms with Gasteiger partial charge >= 0.3 is 11.7 Å². The number of nitro groups is 1. The number of carbonyl (C=O) groups excluding carboxylic acids is 1. The summed E-state index contributed by atoms with van der Waals surface area (Å²) in [5.74, 6) is -1.57. The molecule has 8 heteroatoms. The Morgan fingerprint density at radius 3 is 2.71 bits per heavy atom. The van der Waals surface area contributed by atoms with Crippen molar-refractivity contribution in [2.45, 2.75) is 18.4 Å². The first-order valence-corrected chi connectivity index (χ1v) is 6.32. The maximum Gasteiger partial charge on any atom is 0.329 e. The van der Waals surface area contributed by atoms with Crippen LogP contribution < -0.4 is 10.5 Å². The molecule has 1 aromatic rings. The van der Waals surface area contributed by atoms with Gasteiger partial charge < -0.3 is 15.2 Å². The first-order valence-electron chi connectivity index (χ1n) is 6.32. The molecule has 0 saturated heterocycles. The van der Waals surface area contributed by atoms with Crippen LogP contribution in [0.25, 0.3) is 0 Å². The van der Waals surface area contributed by atoms with E-state index in [1.807, 2.05) is 0 Å². The summed E-state index contributed by atoms with van der Waals surface area (Å²) in [6.07, 6.45) is 1.59. The van der Waals surface area contributed by atoms with Crippen molar-refractivity contribution in [2.24, 2.45) is 11.7 Å². The number of benzene rings is 1. The summed E-state index contributed by atoms with van der Waals surface area (Å²) in [4.78, 5) is 21.4. The van der Waals surface area contributed by atoms with E-state index in [0.717, 1.165) is 25.0 Å². The van der Waals surface area contributed by atoms with E-state index in [-0.39, 0.29) is 18.3 Å². The van der Waals surface area contributed by atoms with Gasteiger partial charge in [-0.05, 0) is 24.8 Å². The zero-order chi connectivity index (χ0) is 15.6. The predicted molar refractivity (Wildman–Crippen MR) is 70.2 cm³/mol. The number of nitrogens with zero attached hydrogens (tertiary/aromatic N) is 1. The molecule has 0 radical (unpaired) electrons. The van der Waals surface area contributed by atoms with Gasteiger partial charge in [-0.1, -0.05) is 0 Å². The SMILES string of the molecule is COC(=O)C(N)(COc1ccc([N+](=O)[O-])c(F)c1)C1CC1. The molecule has 1 fully saturated rings. The Hall–Kier alpha value is -2.22. The highest BCUT2D eigenvalue weighted by molar-refractivity contribution is 5.81. The maximum absolute atomic E-state index is 13.5. The first-order chi connectivity index (χ1) is 9.88. The largest absolute Gasteiger partial charge is 0.491 e. The van der Waals surface area contributed by atoms with E-state index in [2.05, 4.69) is 4.74 Å². The summed E-state index contributed by atoms with van der Waals surface area (Å²) < 4.78 is 23.5. The van der Waals surface area contributed by atoms with Gasteiger partial charge in [0, 0.05) is 12.1 Å². The van der Waals surface area contributed by atoms with Crippen LogP contribution in [0.2, 0.25) is 0 Å². The van der Waals surface area contributed by atoms with Crippen molar-refractivity contribution in [1.82, 2.24) is 0 Å². The van der Waals surface area contributed by atoms with Crippen LogP contribution >= 0.6 is 0 Å². The topological polar surface area (TPSA) is 105 Å². The molecule has 1 aliphatic rings. The van der Waals surface area contributed by atoms with Gasteiger partial charge in [-0.25, -0.2) is 4.79 Å². The summed E-state index contributed by atoms with van der Waals surface area (Å²) >= 11 is 0. The maximum atomic E-state index is 13.5. The number of hydrogen-bond acceptors (Lipinski definition) is 6. The van der Waals surface area contributed by atoms with Crippen LogP contribution in [0.3, 0.4) is 0 Å². The van der Waals surface area contributed by atoms with E-state index < -0.39 is 27.9 Å². The second kappa shape index (κ2) is 5.65. The Morgan fingerprint density at radius 1 is 1.57 bits per heavy atom. The molecular weight excluding hydrogens is 283 g/mol. The van der Waals surface area contributed by atoms with Gasteiger partial charge in [0.2, 0.25) is 5.82 Å². The lowest BCUT2D eigenvalue weighted by Crippen LogP contribution is -2.55. The molecule has 0 bridgehead atoms. The minimum atomic E-state index is -1.28. The van der Waals surface area contributed by atoms with Crippen LogP contribution in [0.4, 0.5) is 10.1 Å². The third-order valence-corrected chi connectivity index (χ3v) is 3.46. The van der Waals surface area contributed by atoms with Gasteiger partial charge in [0.25, 0.3) is 0 Å². The van der Waals surface area contributed by atoms with E-state index in [1.54, 1.807) is 0 Å². The highest BCUT2D eigenvalue weighted by Crippen LogP contribution is 2.39. The number of carbonyl (C=O) groups is 1. The smallest absolute Gasteiger partial charge is 0.329 e. The Bertz CT molecular complexity index is 576. The molecule has 2 rings (SSSR count). The Morgan fingerprint density at radius 2 is 2.24 bits per heavy atom. The van der Waals surface area contributed by atoms with Crippen LogP contribution in [0.15, 0.2) is 18.2 Å². The van der Waals surface area contributed by atoms with Gasteiger partial charge in [-0.2, -0.15) is 4.39 Å². The number of rotatable bonds is 6. The highest BCUT2D eigenvalue weighted by atomic mass is 19.1. The van der Waals surface area contributed by atoms with Crippen molar-refractivity contribution in [3.63, 3.8) is 0 Å². The number of esters is 1. The fraction of sp³-hybridized carbons (Fsp3) is 0.462. The summed E-state index contributed by atoms with van der Waals surface area (Å²) in [6.45, 7) is -0.179. The fourth-order valence-electron chi connectivity index (χ4n) is 2.06. The lowest BCUT2D eigenvalue weighted by atomic mass is 9.96. The third kappa shape index (κ3) is 3.10. The second-order valence-electron chi connectivity index (χ2n) is 4.97. The first kappa shape index (κ1) is 15.2. The van der Waals surface area contributed by atoms with Crippen LogP contribution in [-0.4, -0.2) is 30.1 Å². The van der Waals surface area contributed by atoms with Gasteiger partial charge in [0.15, 0.2) is 5.54 Å². The predicted octanol–water partition coefficient (Wildman–Crippen LogP) is 1.39. The zero-order valence-corrected chi connectivity index (χ0v) is 11.4. The molecule has 7 nitrogen and oxygen atoms in total. The summed E-state index contributed by atoms with van der Waals surface area (Å²) in [5, 5.41) is 10.5. The van der Waals surface area contributed by atoms with Crippen molar-refractivity contribution < 1.29 is 23.6 Å². The molecule has 21 heavy (non-hydrogen) atoms. The molecule has 0 aromatic heterocycles. The van der Waals surface area contributed by atoms with E-state index in [9.17, 15) is 19.3 Å². The minimum absolute atomic E-state index is 0.0344. The van der Waals surface area contributed by atoms with Crippen LogP contribution in [-0.2, 0) is 9.53 Å². The van der Waals surface area contributed by atoms with E-state index >= 15 is 0 Å². The molecule has 1 unspecified atom stereocenters. The lowest BCUT2D eigenvalue weighted by molar-refractivity contribution is -0.387. The third-order valence-electron chi connectivity index (χ3n) is 3.46. The van der Waals surface area contributed by atoms with Gasteiger partial charge in [0.05, 0.1) is 12.0 Å². The molecule has 2 N–H and O–H groups in total. The average molecular weight is 298 g/mol. The Labute approximate surface area is 120 Å². The van der Waals surface area contributed by atoms with Crippen molar-refractivity contribution >= 4 is 11.7 Å². The number of nitrogens with two attached hydrogens (primary N) is 1. The molecule has 0 heterocycles. The summed E-state index contributed by atoms with van der Waals surface area (Å²) in [7, 11) is 1.23. The number of halogens is 1. The van der Waals surface area contributed by atoms with E-state index in [1.165, 1.54) is 13.2 Å². The molecule has 114 valence electrons. The molecular formula is C13H15FN2O5. The molecule has 0 spiro atoms. The number of methoxy groups -OCH3 is 1. The van der Waals surface area contributed by atoms with Crippen molar-refractivity contribution in [3.8, 4) is 5.75 Å². The van der Waals surface area contributed by atoms with Crippen LogP contribution in [0.5, 0.6) is 5.75 Å². The molecule has 1 aromatic carbocycles. The van der Waals surface area contributed by atoms with Crippen LogP contribution in [0.1, 0.15) is 12.8 Å². The number of nitro benzene ring substituents is 1. The number of ether oxygens (including phenoxy) is 2. The van der Waals surface area contributed by atoms with Crippen LogP contribution in [0, 0.1) is 21.8 Å². The second-order valence-corrected chi connectivity index (χ2v) is 4.97. The van der Waals surface area contributed by atoms with Gasteiger partial charge in [-0.15, -0.1) is 0 Å². The fourth-order valence-corrected chi connectivity index (χ4v) is 2.06. The lowest BCUT2D eigenvalue weighted by Gasteiger charge is -2.26. The van der Waals surface area contributed by atoms with Gasteiger partial charge in [0.1, 0.15) is 12.4 Å². The summed E-state index contributed by atoms with van der Waals surface area (Å²) in [5.41, 5.74) is 4.09. The molecule has 0 amide bonds.